The lowest BCUT2D eigenvalue weighted by molar-refractivity contribution is 0.102. The van der Waals surface area contributed by atoms with Gasteiger partial charge in [0.2, 0.25) is 0 Å². The van der Waals surface area contributed by atoms with Crippen molar-refractivity contribution in [1.29, 1.82) is 0 Å². The summed E-state index contributed by atoms with van der Waals surface area (Å²) >= 11 is 3.50. The van der Waals surface area contributed by atoms with E-state index in [1.165, 1.54) is 28.4 Å². The number of nitrogens with zero attached hydrogens (tertiary/aromatic N) is 2. The molecule has 1 aliphatic heterocycles. The Hall–Kier alpha value is -1.37. The van der Waals surface area contributed by atoms with Crippen LogP contribution in [-0.2, 0) is 13.0 Å². The van der Waals surface area contributed by atoms with Gasteiger partial charge >= 0.3 is 0 Å². The maximum atomic E-state index is 12.7. The predicted molar refractivity (Wildman–Crippen MR) is 103 cm³/mol. The molecule has 24 heavy (non-hydrogen) atoms. The summed E-state index contributed by atoms with van der Waals surface area (Å²) in [4.78, 5) is 20.3. The molecule has 0 radical (unpaired) electrons. The molecule has 1 saturated heterocycles. The highest BCUT2D eigenvalue weighted by Gasteiger charge is 2.17. The molecule has 0 bridgehead atoms. The van der Waals surface area contributed by atoms with E-state index in [0.717, 1.165) is 47.3 Å². The quantitative estimate of drug-likeness (QED) is 0.879. The van der Waals surface area contributed by atoms with Gasteiger partial charge in [0.15, 0.2) is 0 Å². The summed E-state index contributed by atoms with van der Waals surface area (Å²) in [5, 5.41) is 4.11. The topological polar surface area (TPSA) is 45.2 Å². The molecular formula is C18H23N3OS2. The smallest absolute Gasteiger partial charge is 0.267 e. The third-order valence-corrected chi connectivity index (χ3v) is 6.36. The first-order valence-corrected chi connectivity index (χ1v) is 10.3. The van der Waals surface area contributed by atoms with Crippen LogP contribution >= 0.6 is 23.1 Å². The van der Waals surface area contributed by atoms with Gasteiger partial charge in [-0.3, -0.25) is 9.69 Å². The minimum atomic E-state index is -0.0497. The van der Waals surface area contributed by atoms with Crippen LogP contribution in [0.4, 0.5) is 5.69 Å². The van der Waals surface area contributed by atoms with E-state index in [0.29, 0.717) is 0 Å². The molecule has 1 aromatic carbocycles. The Morgan fingerprint density at radius 3 is 2.75 bits per heavy atom. The van der Waals surface area contributed by atoms with Gasteiger partial charge in [-0.15, -0.1) is 11.3 Å². The molecule has 0 atom stereocenters. The predicted octanol–water partition coefficient (Wildman–Crippen LogP) is 3.82. The highest BCUT2D eigenvalue weighted by molar-refractivity contribution is 7.99. The van der Waals surface area contributed by atoms with Crippen molar-refractivity contribution in [2.45, 2.75) is 26.8 Å². The molecule has 0 saturated carbocycles. The lowest BCUT2D eigenvalue weighted by Gasteiger charge is -2.27. The minimum Gasteiger partial charge on any atom is -0.321 e. The summed E-state index contributed by atoms with van der Waals surface area (Å²) in [6.07, 6.45) is 0.863. The van der Waals surface area contributed by atoms with Gasteiger partial charge in [-0.05, 0) is 25.0 Å². The average Bonchev–Trinajstić information content (AvgIpc) is 2.99. The summed E-state index contributed by atoms with van der Waals surface area (Å²) in [5.74, 6) is 2.33. The second-order valence-corrected chi connectivity index (χ2v) is 8.18. The van der Waals surface area contributed by atoms with Crippen LogP contribution in [0.3, 0.4) is 0 Å². The van der Waals surface area contributed by atoms with Crippen molar-refractivity contribution >= 4 is 34.7 Å². The molecule has 3 rings (SSSR count). The number of para-hydroxylation sites is 1. The number of aromatic nitrogens is 1. The van der Waals surface area contributed by atoms with E-state index < -0.39 is 0 Å². The Bertz CT molecular complexity index is 708. The van der Waals surface area contributed by atoms with Crippen LogP contribution in [0.2, 0.25) is 0 Å². The number of carbonyl (C=O) groups excluding carboxylic acids is 1. The number of nitrogens with one attached hydrogen (secondary N) is 1. The average molecular weight is 362 g/mol. The van der Waals surface area contributed by atoms with Crippen LogP contribution in [0, 0.1) is 6.92 Å². The van der Waals surface area contributed by atoms with E-state index in [2.05, 4.69) is 28.2 Å². The number of hydrogen-bond acceptors (Lipinski definition) is 5. The molecule has 1 amide bonds. The lowest BCUT2D eigenvalue weighted by Crippen LogP contribution is -2.32. The summed E-state index contributed by atoms with van der Waals surface area (Å²) < 4.78 is 0. The number of thiazole rings is 1. The first kappa shape index (κ1) is 17.5. The molecule has 1 fully saturated rings. The monoisotopic (exact) mass is 361 g/mol. The van der Waals surface area contributed by atoms with Crippen LogP contribution in [0.5, 0.6) is 0 Å². The van der Waals surface area contributed by atoms with E-state index in [1.54, 1.807) is 0 Å². The van der Waals surface area contributed by atoms with Crippen molar-refractivity contribution in [3.63, 3.8) is 0 Å². The Labute approximate surface area is 151 Å². The normalized spacial score (nSPS) is 15.4. The van der Waals surface area contributed by atoms with Crippen LogP contribution in [0.25, 0.3) is 0 Å². The number of aryl methyl sites for hydroxylation is 2. The second kappa shape index (κ2) is 8.14. The highest BCUT2D eigenvalue weighted by Crippen LogP contribution is 2.23. The number of amides is 1. The van der Waals surface area contributed by atoms with Crippen molar-refractivity contribution in [3.05, 3.63) is 45.4 Å². The molecule has 1 aromatic heterocycles. The fraction of sp³-hybridized carbons (Fsp3) is 0.444. The molecule has 0 aliphatic carbocycles. The third kappa shape index (κ3) is 4.18. The molecule has 6 heteroatoms. The number of thioether (sulfide) groups is 1. The Balaban J connectivity index is 1.74. The summed E-state index contributed by atoms with van der Waals surface area (Å²) in [6, 6.07) is 8.11. The van der Waals surface area contributed by atoms with Gasteiger partial charge in [0.05, 0.1) is 10.7 Å². The van der Waals surface area contributed by atoms with E-state index in [1.807, 2.05) is 36.9 Å². The zero-order valence-corrected chi connectivity index (χ0v) is 15.8. The molecule has 128 valence electrons. The number of rotatable bonds is 5. The van der Waals surface area contributed by atoms with Crippen molar-refractivity contribution in [2.24, 2.45) is 0 Å². The van der Waals surface area contributed by atoms with Crippen LogP contribution < -0.4 is 5.32 Å². The van der Waals surface area contributed by atoms with Gasteiger partial charge in [0.1, 0.15) is 4.88 Å². The first-order valence-electron chi connectivity index (χ1n) is 8.33. The largest absolute Gasteiger partial charge is 0.321 e. The fourth-order valence-corrected chi connectivity index (χ4v) is 4.65. The van der Waals surface area contributed by atoms with Crippen molar-refractivity contribution in [2.75, 3.05) is 29.9 Å². The molecule has 0 unspecified atom stereocenters. The number of benzene rings is 1. The Morgan fingerprint density at radius 1 is 1.29 bits per heavy atom. The Kier molecular flexibility index (Phi) is 5.92. The number of anilines is 1. The van der Waals surface area contributed by atoms with Gasteiger partial charge in [-0.2, -0.15) is 11.8 Å². The molecule has 0 spiro atoms. The van der Waals surface area contributed by atoms with Gasteiger partial charge in [0.25, 0.3) is 5.91 Å². The maximum absolute atomic E-state index is 12.7. The summed E-state index contributed by atoms with van der Waals surface area (Å²) in [6.45, 7) is 7.08. The third-order valence-electron chi connectivity index (χ3n) is 4.11. The second-order valence-electron chi connectivity index (χ2n) is 5.88. The van der Waals surface area contributed by atoms with Crippen LogP contribution in [0.1, 0.15) is 32.9 Å². The van der Waals surface area contributed by atoms with Crippen molar-refractivity contribution < 1.29 is 4.79 Å². The lowest BCUT2D eigenvalue weighted by atomic mass is 10.1. The van der Waals surface area contributed by atoms with E-state index in [4.69, 9.17) is 0 Å². The molecule has 2 aromatic rings. The standard InChI is InChI=1S/C18H23N3OS2/c1-3-16-19-13(2)17(24-16)18(22)20-15-7-5-4-6-14(15)12-21-8-10-23-11-9-21/h4-7H,3,8-12H2,1-2H3,(H,20,22). The minimum absolute atomic E-state index is 0.0497. The SMILES string of the molecule is CCc1nc(C)c(C(=O)Nc2ccccc2CN2CCSCC2)s1. The van der Waals surface area contributed by atoms with Crippen LogP contribution in [0.15, 0.2) is 24.3 Å². The zero-order chi connectivity index (χ0) is 16.9. The Morgan fingerprint density at radius 2 is 2.04 bits per heavy atom. The summed E-state index contributed by atoms with van der Waals surface area (Å²) in [7, 11) is 0. The number of hydrogen-bond donors (Lipinski definition) is 1. The van der Waals surface area contributed by atoms with E-state index >= 15 is 0 Å². The highest BCUT2D eigenvalue weighted by atomic mass is 32.2. The summed E-state index contributed by atoms with van der Waals surface area (Å²) in [5.41, 5.74) is 2.90. The van der Waals surface area contributed by atoms with Gasteiger partial charge < -0.3 is 5.32 Å². The first-order chi connectivity index (χ1) is 11.7. The fourth-order valence-electron chi connectivity index (χ4n) is 2.77. The van der Waals surface area contributed by atoms with Crippen molar-refractivity contribution in [1.82, 2.24) is 9.88 Å². The zero-order valence-electron chi connectivity index (χ0n) is 14.2. The van der Waals surface area contributed by atoms with Crippen LogP contribution in [-0.4, -0.2) is 40.4 Å². The number of carbonyl (C=O) groups is 1. The van der Waals surface area contributed by atoms with E-state index in [9.17, 15) is 4.79 Å². The molecular weight excluding hydrogens is 338 g/mol. The van der Waals surface area contributed by atoms with E-state index in [-0.39, 0.29) is 5.91 Å². The molecule has 2 heterocycles. The van der Waals surface area contributed by atoms with Gasteiger partial charge in [-0.1, -0.05) is 25.1 Å². The molecule has 4 nitrogen and oxygen atoms in total. The molecule has 1 aliphatic rings. The van der Waals surface area contributed by atoms with Gasteiger partial charge in [-0.25, -0.2) is 4.98 Å². The molecule has 1 N–H and O–H groups in total. The maximum Gasteiger partial charge on any atom is 0.267 e. The van der Waals surface area contributed by atoms with Crippen molar-refractivity contribution in [3.8, 4) is 0 Å². The van der Waals surface area contributed by atoms with Gasteiger partial charge in [0, 0.05) is 36.8 Å².